The van der Waals surface area contributed by atoms with Gasteiger partial charge in [0.1, 0.15) is 6.54 Å². The van der Waals surface area contributed by atoms with Gasteiger partial charge in [-0.15, -0.1) is 0 Å². The molecule has 180 valence electrons. The molecule has 0 atom stereocenters. The Balaban J connectivity index is 1.63. The zero-order chi connectivity index (χ0) is 25.3. The van der Waals surface area contributed by atoms with Gasteiger partial charge in [-0.1, -0.05) is 36.4 Å². The highest BCUT2D eigenvalue weighted by Gasteiger charge is 2.30. The van der Waals surface area contributed by atoms with E-state index in [-0.39, 0.29) is 33.4 Å². The molecule has 0 aliphatic carbocycles. The smallest absolute Gasteiger partial charge is 0.406 e. The standard InChI is InChI=1S/C25H20F3N3O4/c1-15-12-20(16(2)30(15)14-25(26,27)28)21(32)13-35-24(34)22-18-10-6-7-11-19(18)23(33)31(29-22)17-8-4-3-5-9-17/h3-12H,13-14H2,1-2H3. The molecule has 2 heterocycles. The Kier molecular flexibility index (Phi) is 6.29. The fourth-order valence-electron chi connectivity index (χ4n) is 3.87. The van der Waals surface area contributed by atoms with Gasteiger partial charge in [0.2, 0.25) is 5.78 Å². The van der Waals surface area contributed by atoms with Crippen LogP contribution >= 0.6 is 0 Å². The van der Waals surface area contributed by atoms with Gasteiger partial charge in [-0.25, -0.2) is 4.79 Å². The lowest BCUT2D eigenvalue weighted by molar-refractivity contribution is -0.141. The second-order valence-electron chi connectivity index (χ2n) is 7.93. The van der Waals surface area contributed by atoms with E-state index in [0.29, 0.717) is 5.69 Å². The zero-order valence-electron chi connectivity index (χ0n) is 18.8. The van der Waals surface area contributed by atoms with Crippen LogP contribution in [0.2, 0.25) is 0 Å². The molecule has 0 aliphatic rings. The Labute approximate surface area is 197 Å². The lowest BCUT2D eigenvalue weighted by atomic mass is 10.1. The minimum atomic E-state index is -4.45. The topological polar surface area (TPSA) is 83.2 Å². The van der Waals surface area contributed by atoms with Crippen molar-refractivity contribution < 1.29 is 27.5 Å². The molecule has 4 rings (SSSR count). The summed E-state index contributed by atoms with van der Waals surface area (Å²) in [5, 5.41) is 4.68. The number of benzene rings is 2. The van der Waals surface area contributed by atoms with Crippen LogP contribution in [0.25, 0.3) is 16.5 Å². The molecular weight excluding hydrogens is 463 g/mol. The summed E-state index contributed by atoms with van der Waals surface area (Å²) >= 11 is 0. The maximum absolute atomic E-state index is 12.9. The first kappa shape index (κ1) is 23.9. The Bertz CT molecular complexity index is 1490. The van der Waals surface area contributed by atoms with Crippen LogP contribution in [0.4, 0.5) is 13.2 Å². The molecule has 0 N–H and O–H groups in total. The van der Waals surface area contributed by atoms with Crippen molar-refractivity contribution in [1.82, 2.24) is 14.3 Å². The lowest BCUT2D eigenvalue weighted by Crippen LogP contribution is -2.26. The van der Waals surface area contributed by atoms with Crippen molar-refractivity contribution in [3.8, 4) is 5.69 Å². The fourth-order valence-corrected chi connectivity index (χ4v) is 3.87. The van der Waals surface area contributed by atoms with Gasteiger partial charge in [0.05, 0.1) is 11.1 Å². The van der Waals surface area contributed by atoms with E-state index in [4.69, 9.17) is 4.74 Å². The van der Waals surface area contributed by atoms with Crippen molar-refractivity contribution in [2.45, 2.75) is 26.6 Å². The molecule has 10 heteroatoms. The van der Waals surface area contributed by atoms with Crippen molar-refractivity contribution in [2.75, 3.05) is 6.61 Å². The number of halogens is 3. The Hall–Kier alpha value is -4.21. The first-order valence-corrected chi connectivity index (χ1v) is 10.6. The third-order valence-electron chi connectivity index (χ3n) is 5.54. The van der Waals surface area contributed by atoms with Crippen LogP contribution in [0, 0.1) is 13.8 Å². The minimum Gasteiger partial charge on any atom is -0.452 e. The molecule has 35 heavy (non-hydrogen) atoms. The normalized spacial score (nSPS) is 11.6. The van der Waals surface area contributed by atoms with Gasteiger partial charge < -0.3 is 9.30 Å². The van der Waals surface area contributed by atoms with Gasteiger partial charge in [0.15, 0.2) is 12.3 Å². The largest absolute Gasteiger partial charge is 0.452 e. The number of ketones is 1. The second-order valence-corrected chi connectivity index (χ2v) is 7.93. The Morgan fingerprint density at radius 2 is 1.60 bits per heavy atom. The fraction of sp³-hybridized carbons (Fsp3) is 0.200. The Morgan fingerprint density at radius 3 is 2.26 bits per heavy atom. The van der Waals surface area contributed by atoms with Crippen LogP contribution < -0.4 is 5.56 Å². The number of hydrogen-bond acceptors (Lipinski definition) is 5. The van der Waals surface area contributed by atoms with E-state index < -0.39 is 36.6 Å². The van der Waals surface area contributed by atoms with Crippen LogP contribution in [0.5, 0.6) is 0 Å². The minimum absolute atomic E-state index is 0.0339. The van der Waals surface area contributed by atoms with E-state index in [2.05, 4.69) is 5.10 Å². The maximum Gasteiger partial charge on any atom is 0.406 e. The number of nitrogens with zero attached hydrogens (tertiary/aromatic N) is 3. The van der Waals surface area contributed by atoms with Gasteiger partial charge in [-0.2, -0.15) is 23.0 Å². The predicted octanol–water partition coefficient (Wildman–Crippen LogP) is 4.41. The zero-order valence-corrected chi connectivity index (χ0v) is 18.8. The summed E-state index contributed by atoms with van der Waals surface area (Å²) in [7, 11) is 0. The molecule has 0 aliphatic heterocycles. The number of para-hydroxylation sites is 1. The molecule has 4 aromatic rings. The van der Waals surface area contributed by atoms with E-state index in [1.165, 1.54) is 19.9 Å². The molecular formula is C25H20F3N3O4. The highest BCUT2D eigenvalue weighted by molar-refractivity contribution is 6.04. The van der Waals surface area contributed by atoms with Crippen LogP contribution in [0.1, 0.15) is 32.2 Å². The predicted molar refractivity (Wildman–Crippen MR) is 122 cm³/mol. The summed E-state index contributed by atoms with van der Waals surface area (Å²) in [5.41, 5.74) is 0.257. The van der Waals surface area contributed by atoms with Gasteiger partial charge in [0.25, 0.3) is 5.56 Å². The molecule has 0 fully saturated rings. The van der Waals surface area contributed by atoms with Crippen LogP contribution in [0.3, 0.4) is 0 Å². The highest BCUT2D eigenvalue weighted by Crippen LogP contribution is 2.24. The van der Waals surface area contributed by atoms with Crippen LogP contribution in [-0.2, 0) is 11.3 Å². The van der Waals surface area contributed by atoms with Crippen molar-refractivity contribution in [3.63, 3.8) is 0 Å². The maximum atomic E-state index is 12.9. The summed E-state index contributed by atoms with van der Waals surface area (Å²) in [4.78, 5) is 38.6. The van der Waals surface area contributed by atoms with Crippen molar-refractivity contribution in [1.29, 1.82) is 0 Å². The quantitative estimate of drug-likeness (QED) is 0.300. The first-order chi connectivity index (χ1) is 16.6. The molecule has 0 saturated carbocycles. The molecule has 2 aromatic carbocycles. The number of rotatable bonds is 6. The number of Topliss-reactive ketones (excluding diaryl/α,β-unsaturated/α-hetero) is 1. The van der Waals surface area contributed by atoms with Crippen molar-refractivity contribution in [2.24, 2.45) is 0 Å². The molecule has 2 aromatic heterocycles. The lowest BCUT2D eigenvalue weighted by Gasteiger charge is -2.12. The number of carbonyl (C=O) groups excluding carboxylic acids is 2. The Morgan fingerprint density at radius 1 is 0.971 bits per heavy atom. The summed E-state index contributed by atoms with van der Waals surface area (Å²) < 4.78 is 45.8. The van der Waals surface area contributed by atoms with Gasteiger partial charge in [-0.3, -0.25) is 9.59 Å². The van der Waals surface area contributed by atoms with E-state index in [1.807, 2.05) is 0 Å². The number of alkyl halides is 3. The number of ether oxygens (including phenoxy) is 1. The van der Waals surface area contributed by atoms with Gasteiger partial charge >= 0.3 is 12.1 Å². The summed E-state index contributed by atoms with van der Waals surface area (Å²) in [6.45, 7) is 0.938. The average Bonchev–Trinajstić information content (AvgIpc) is 3.10. The number of aromatic nitrogens is 3. The molecule has 7 nitrogen and oxygen atoms in total. The second kappa shape index (κ2) is 9.21. The molecule has 0 spiro atoms. The van der Waals surface area contributed by atoms with Crippen LogP contribution in [-0.4, -0.2) is 38.9 Å². The number of carbonyl (C=O) groups is 2. The van der Waals surface area contributed by atoms with Crippen molar-refractivity contribution in [3.05, 3.63) is 93.7 Å². The third-order valence-corrected chi connectivity index (χ3v) is 5.54. The van der Waals surface area contributed by atoms with Crippen LogP contribution in [0.15, 0.2) is 65.5 Å². The summed E-state index contributed by atoms with van der Waals surface area (Å²) in [5.74, 6) is -1.59. The van der Waals surface area contributed by atoms with E-state index in [9.17, 15) is 27.6 Å². The number of hydrogen-bond donors (Lipinski definition) is 0. The average molecular weight is 483 g/mol. The van der Waals surface area contributed by atoms with Gasteiger partial charge in [0, 0.05) is 22.3 Å². The number of aryl methyl sites for hydroxylation is 1. The monoisotopic (exact) mass is 483 g/mol. The number of fused-ring (bicyclic) bond motifs is 1. The molecule has 0 bridgehead atoms. The molecule has 0 amide bonds. The first-order valence-electron chi connectivity index (χ1n) is 10.6. The molecule has 0 unspecified atom stereocenters. The van der Waals surface area contributed by atoms with E-state index in [1.54, 1.807) is 54.6 Å². The summed E-state index contributed by atoms with van der Waals surface area (Å²) in [6.07, 6.45) is -4.45. The SMILES string of the molecule is Cc1cc(C(=O)COC(=O)c2nn(-c3ccccc3)c(=O)c3ccccc23)c(C)n1CC(F)(F)F. The van der Waals surface area contributed by atoms with Gasteiger partial charge in [-0.05, 0) is 38.1 Å². The molecule has 0 saturated heterocycles. The van der Waals surface area contributed by atoms with E-state index >= 15 is 0 Å². The van der Waals surface area contributed by atoms with Crippen molar-refractivity contribution >= 4 is 22.5 Å². The highest BCUT2D eigenvalue weighted by atomic mass is 19.4. The number of esters is 1. The third kappa shape index (κ3) is 4.86. The molecule has 0 radical (unpaired) electrons. The summed E-state index contributed by atoms with van der Waals surface area (Å²) in [6, 6.07) is 16.2. The van der Waals surface area contributed by atoms with E-state index in [0.717, 1.165) is 9.25 Å².